The summed E-state index contributed by atoms with van der Waals surface area (Å²) in [4.78, 5) is 0. The SMILES string of the molecule is CCC1CC(C)CC(C(C)C)[C@H]1OC. The molecule has 0 aliphatic heterocycles. The molecule has 0 radical (unpaired) electrons. The van der Waals surface area contributed by atoms with E-state index in [4.69, 9.17) is 4.74 Å². The van der Waals surface area contributed by atoms with Crippen molar-refractivity contribution in [2.45, 2.75) is 53.1 Å². The Morgan fingerprint density at radius 3 is 2.36 bits per heavy atom. The molecular weight excluding hydrogens is 172 g/mol. The summed E-state index contributed by atoms with van der Waals surface area (Å²) in [6.07, 6.45) is 4.49. The van der Waals surface area contributed by atoms with Crippen LogP contribution in [0.4, 0.5) is 0 Å². The highest BCUT2D eigenvalue weighted by Crippen LogP contribution is 2.40. The third-order valence-corrected chi connectivity index (χ3v) is 3.92. The van der Waals surface area contributed by atoms with E-state index in [9.17, 15) is 0 Å². The number of ether oxygens (including phenoxy) is 1. The normalized spacial score (nSPS) is 39.0. The standard InChI is InChI=1S/C13H26O/c1-6-11-7-10(4)8-12(9(2)3)13(11)14-5/h9-13H,6-8H2,1-5H3/t10?,11?,12?,13-/m0/s1. The lowest BCUT2D eigenvalue weighted by Gasteiger charge is -2.42. The molecule has 0 aromatic heterocycles. The molecule has 0 N–H and O–H groups in total. The maximum atomic E-state index is 5.72. The van der Waals surface area contributed by atoms with Gasteiger partial charge in [-0.2, -0.15) is 0 Å². The van der Waals surface area contributed by atoms with Crippen molar-refractivity contribution in [1.82, 2.24) is 0 Å². The van der Waals surface area contributed by atoms with E-state index < -0.39 is 0 Å². The molecule has 1 nitrogen and oxygen atoms in total. The van der Waals surface area contributed by atoms with Gasteiger partial charge in [0.2, 0.25) is 0 Å². The predicted octanol–water partition coefficient (Wildman–Crippen LogP) is 3.73. The average molecular weight is 198 g/mol. The molecular formula is C13H26O. The molecule has 1 fully saturated rings. The molecule has 4 atom stereocenters. The fraction of sp³-hybridized carbons (Fsp3) is 1.00. The maximum Gasteiger partial charge on any atom is 0.0630 e. The van der Waals surface area contributed by atoms with E-state index in [2.05, 4.69) is 27.7 Å². The monoisotopic (exact) mass is 198 g/mol. The van der Waals surface area contributed by atoms with Gasteiger partial charge in [-0.25, -0.2) is 0 Å². The lowest BCUT2D eigenvalue weighted by atomic mass is 9.69. The third-order valence-electron chi connectivity index (χ3n) is 3.92. The number of methoxy groups -OCH3 is 1. The summed E-state index contributed by atoms with van der Waals surface area (Å²) in [5.41, 5.74) is 0. The summed E-state index contributed by atoms with van der Waals surface area (Å²) < 4.78 is 5.72. The minimum atomic E-state index is 0.510. The van der Waals surface area contributed by atoms with Crippen LogP contribution >= 0.6 is 0 Å². The van der Waals surface area contributed by atoms with Crippen molar-refractivity contribution in [2.24, 2.45) is 23.7 Å². The Hall–Kier alpha value is -0.0400. The number of hydrogen-bond donors (Lipinski definition) is 0. The molecule has 0 heterocycles. The molecule has 0 spiro atoms. The van der Waals surface area contributed by atoms with Crippen LogP contribution in [-0.2, 0) is 4.74 Å². The summed E-state index contributed by atoms with van der Waals surface area (Å²) in [5, 5.41) is 0. The quantitative estimate of drug-likeness (QED) is 0.671. The van der Waals surface area contributed by atoms with E-state index in [1.807, 2.05) is 7.11 Å². The Balaban J connectivity index is 2.70. The Labute approximate surface area is 89.2 Å². The first kappa shape index (κ1) is 12.0. The zero-order valence-corrected chi connectivity index (χ0v) is 10.4. The smallest absolute Gasteiger partial charge is 0.0630 e. The van der Waals surface area contributed by atoms with Crippen molar-refractivity contribution < 1.29 is 4.74 Å². The number of rotatable bonds is 3. The van der Waals surface area contributed by atoms with Crippen LogP contribution in [0.3, 0.4) is 0 Å². The van der Waals surface area contributed by atoms with Crippen LogP contribution in [0.1, 0.15) is 47.0 Å². The second kappa shape index (κ2) is 5.16. The van der Waals surface area contributed by atoms with Gasteiger partial charge in [0.1, 0.15) is 0 Å². The highest BCUT2D eigenvalue weighted by Gasteiger charge is 2.36. The molecule has 1 aliphatic carbocycles. The molecule has 0 aromatic carbocycles. The molecule has 84 valence electrons. The molecule has 1 aliphatic rings. The molecule has 0 amide bonds. The van der Waals surface area contributed by atoms with E-state index in [1.54, 1.807) is 0 Å². The summed E-state index contributed by atoms with van der Waals surface area (Å²) in [6, 6.07) is 0. The summed E-state index contributed by atoms with van der Waals surface area (Å²) in [5.74, 6) is 3.21. The lowest BCUT2D eigenvalue weighted by Crippen LogP contribution is -2.40. The Kier molecular flexibility index (Phi) is 4.43. The van der Waals surface area contributed by atoms with Gasteiger partial charge >= 0.3 is 0 Å². The van der Waals surface area contributed by atoms with Crippen LogP contribution in [0.5, 0.6) is 0 Å². The first-order chi connectivity index (χ1) is 6.60. The maximum absolute atomic E-state index is 5.72. The van der Waals surface area contributed by atoms with Gasteiger partial charge in [0.05, 0.1) is 6.10 Å². The molecule has 14 heavy (non-hydrogen) atoms. The van der Waals surface area contributed by atoms with Gasteiger partial charge in [-0.15, -0.1) is 0 Å². The van der Waals surface area contributed by atoms with E-state index in [0.29, 0.717) is 6.10 Å². The first-order valence-corrected chi connectivity index (χ1v) is 6.12. The van der Waals surface area contributed by atoms with Crippen LogP contribution in [0.15, 0.2) is 0 Å². The summed E-state index contributed by atoms with van der Waals surface area (Å²) >= 11 is 0. The van der Waals surface area contributed by atoms with Gasteiger partial charge < -0.3 is 4.74 Å². The fourth-order valence-electron chi connectivity index (χ4n) is 3.11. The van der Waals surface area contributed by atoms with Crippen LogP contribution in [0.2, 0.25) is 0 Å². The molecule has 1 rings (SSSR count). The minimum Gasteiger partial charge on any atom is -0.381 e. The third kappa shape index (κ3) is 2.50. The highest BCUT2D eigenvalue weighted by atomic mass is 16.5. The lowest BCUT2D eigenvalue weighted by molar-refractivity contribution is -0.0507. The molecule has 1 saturated carbocycles. The topological polar surface area (TPSA) is 9.23 Å². The van der Waals surface area contributed by atoms with Crippen molar-refractivity contribution in [1.29, 1.82) is 0 Å². The number of hydrogen-bond acceptors (Lipinski definition) is 1. The molecule has 0 bridgehead atoms. The molecule has 1 heteroatoms. The van der Waals surface area contributed by atoms with Crippen LogP contribution in [0.25, 0.3) is 0 Å². The zero-order chi connectivity index (χ0) is 10.7. The van der Waals surface area contributed by atoms with Crippen LogP contribution in [-0.4, -0.2) is 13.2 Å². The highest BCUT2D eigenvalue weighted by molar-refractivity contribution is 4.86. The Morgan fingerprint density at radius 2 is 1.93 bits per heavy atom. The van der Waals surface area contributed by atoms with E-state index in [0.717, 1.165) is 23.7 Å². The van der Waals surface area contributed by atoms with Crippen molar-refractivity contribution >= 4 is 0 Å². The molecule has 3 unspecified atom stereocenters. The van der Waals surface area contributed by atoms with Gasteiger partial charge in [-0.3, -0.25) is 0 Å². The van der Waals surface area contributed by atoms with Crippen molar-refractivity contribution in [3.8, 4) is 0 Å². The van der Waals surface area contributed by atoms with Gasteiger partial charge in [-0.1, -0.05) is 34.1 Å². The van der Waals surface area contributed by atoms with Gasteiger partial charge in [0, 0.05) is 7.11 Å². The van der Waals surface area contributed by atoms with Crippen LogP contribution in [0, 0.1) is 23.7 Å². The Bertz CT molecular complexity index is 165. The van der Waals surface area contributed by atoms with E-state index >= 15 is 0 Å². The van der Waals surface area contributed by atoms with E-state index in [-0.39, 0.29) is 0 Å². The summed E-state index contributed by atoms with van der Waals surface area (Å²) in [6.45, 7) is 9.36. The van der Waals surface area contributed by atoms with Crippen molar-refractivity contribution in [3.63, 3.8) is 0 Å². The fourth-order valence-corrected chi connectivity index (χ4v) is 3.11. The summed E-state index contributed by atoms with van der Waals surface area (Å²) in [7, 11) is 1.89. The van der Waals surface area contributed by atoms with Gasteiger partial charge in [-0.05, 0) is 36.5 Å². The van der Waals surface area contributed by atoms with Crippen LogP contribution < -0.4 is 0 Å². The average Bonchev–Trinajstić information content (AvgIpc) is 2.16. The molecule has 0 aromatic rings. The van der Waals surface area contributed by atoms with Crippen molar-refractivity contribution in [2.75, 3.05) is 7.11 Å². The Morgan fingerprint density at radius 1 is 1.29 bits per heavy atom. The van der Waals surface area contributed by atoms with Gasteiger partial charge in [0.25, 0.3) is 0 Å². The molecule has 0 saturated heterocycles. The first-order valence-electron chi connectivity index (χ1n) is 6.12. The predicted molar refractivity (Wildman–Crippen MR) is 61.3 cm³/mol. The zero-order valence-electron chi connectivity index (χ0n) is 10.4. The second-order valence-electron chi connectivity index (χ2n) is 5.35. The van der Waals surface area contributed by atoms with Gasteiger partial charge in [0.15, 0.2) is 0 Å². The second-order valence-corrected chi connectivity index (χ2v) is 5.35. The van der Waals surface area contributed by atoms with Crippen molar-refractivity contribution in [3.05, 3.63) is 0 Å². The van der Waals surface area contributed by atoms with E-state index in [1.165, 1.54) is 19.3 Å². The minimum absolute atomic E-state index is 0.510. The largest absolute Gasteiger partial charge is 0.381 e.